The number of rotatable bonds is 5. The Morgan fingerprint density at radius 3 is 2.29 bits per heavy atom. The normalized spacial score (nSPS) is 16.7. The first kappa shape index (κ1) is 24.2. The zero-order chi connectivity index (χ0) is 25.9. The van der Waals surface area contributed by atoms with Crippen LogP contribution in [0.1, 0.15) is 39.1 Å². The summed E-state index contributed by atoms with van der Waals surface area (Å²) < 4.78 is 0. The van der Waals surface area contributed by atoms with E-state index in [1.54, 1.807) is 12.4 Å². The standard InChI is InChI=1S/C31H33N5O2/c37-30(35-14-11-24(12-15-35)20-23-6-2-1-3-7-23)25-9-10-28-26(21-25)27(22-33-28)31(38)36-18-16-34(17-19-36)29-8-4-5-13-32-29/h1-10,13,21-22,24,33H,11-12,14-20H2. The van der Waals surface area contributed by atoms with Crippen molar-refractivity contribution in [3.05, 3.63) is 95.8 Å². The molecule has 7 nitrogen and oxygen atoms in total. The van der Waals surface area contributed by atoms with Crippen molar-refractivity contribution in [1.29, 1.82) is 0 Å². The fourth-order valence-corrected chi connectivity index (χ4v) is 5.75. The molecule has 4 heterocycles. The van der Waals surface area contributed by atoms with Crippen LogP contribution in [0.2, 0.25) is 0 Å². The van der Waals surface area contributed by atoms with Gasteiger partial charge < -0.3 is 19.7 Å². The Bertz CT molecular complexity index is 1400. The number of nitrogens with one attached hydrogen (secondary N) is 1. The van der Waals surface area contributed by atoms with Gasteiger partial charge in [0.05, 0.1) is 5.56 Å². The minimum atomic E-state index is 0.00301. The van der Waals surface area contributed by atoms with Crippen LogP contribution in [-0.2, 0) is 6.42 Å². The van der Waals surface area contributed by atoms with E-state index in [0.29, 0.717) is 30.1 Å². The van der Waals surface area contributed by atoms with Crippen LogP contribution in [0, 0.1) is 5.92 Å². The number of fused-ring (bicyclic) bond motifs is 1. The molecule has 2 aromatic heterocycles. The smallest absolute Gasteiger partial charge is 0.256 e. The summed E-state index contributed by atoms with van der Waals surface area (Å²) in [5, 5.41) is 0.812. The van der Waals surface area contributed by atoms with Crippen LogP contribution in [0.25, 0.3) is 10.9 Å². The first-order valence-corrected chi connectivity index (χ1v) is 13.6. The van der Waals surface area contributed by atoms with Crippen molar-refractivity contribution in [2.75, 3.05) is 44.2 Å². The molecule has 1 N–H and O–H groups in total. The van der Waals surface area contributed by atoms with Crippen molar-refractivity contribution in [3.8, 4) is 0 Å². The van der Waals surface area contributed by atoms with Crippen molar-refractivity contribution in [2.24, 2.45) is 5.92 Å². The van der Waals surface area contributed by atoms with Crippen molar-refractivity contribution in [3.63, 3.8) is 0 Å². The lowest BCUT2D eigenvalue weighted by Gasteiger charge is -2.35. The topological polar surface area (TPSA) is 72.5 Å². The number of benzene rings is 2. The third-order valence-corrected chi connectivity index (χ3v) is 7.97. The molecule has 0 spiro atoms. The molecule has 2 aromatic carbocycles. The summed E-state index contributed by atoms with van der Waals surface area (Å²) in [5.74, 6) is 1.60. The molecule has 0 bridgehead atoms. The van der Waals surface area contributed by atoms with Gasteiger partial charge >= 0.3 is 0 Å². The van der Waals surface area contributed by atoms with Crippen LogP contribution in [0.15, 0.2) is 79.1 Å². The predicted octanol–water partition coefficient (Wildman–Crippen LogP) is 4.62. The number of pyridine rings is 1. The number of H-pyrrole nitrogens is 1. The van der Waals surface area contributed by atoms with Crippen LogP contribution >= 0.6 is 0 Å². The molecule has 4 aromatic rings. The van der Waals surface area contributed by atoms with Crippen molar-refractivity contribution < 1.29 is 9.59 Å². The minimum Gasteiger partial charge on any atom is -0.360 e. The van der Waals surface area contributed by atoms with Crippen molar-refractivity contribution >= 4 is 28.5 Å². The first-order chi connectivity index (χ1) is 18.7. The van der Waals surface area contributed by atoms with E-state index in [4.69, 9.17) is 0 Å². The highest BCUT2D eigenvalue weighted by molar-refractivity contribution is 6.09. The Balaban J connectivity index is 1.10. The van der Waals surface area contributed by atoms with Crippen LogP contribution in [0.5, 0.6) is 0 Å². The fourth-order valence-electron chi connectivity index (χ4n) is 5.75. The molecule has 2 aliphatic heterocycles. The minimum absolute atomic E-state index is 0.00301. The summed E-state index contributed by atoms with van der Waals surface area (Å²) >= 11 is 0. The molecule has 7 heteroatoms. The Morgan fingerprint density at radius 2 is 1.55 bits per heavy atom. The third-order valence-electron chi connectivity index (χ3n) is 7.97. The molecule has 2 saturated heterocycles. The maximum atomic E-state index is 13.5. The molecule has 0 saturated carbocycles. The molecule has 6 rings (SSSR count). The monoisotopic (exact) mass is 507 g/mol. The molecule has 2 amide bonds. The van der Waals surface area contributed by atoms with Gasteiger partial charge in [-0.15, -0.1) is 0 Å². The molecule has 38 heavy (non-hydrogen) atoms. The molecule has 0 aliphatic carbocycles. The van der Waals surface area contributed by atoms with E-state index >= 15 is 0 Å². The van der Waals surface area contributed by atoms with Gasteiger partial charge in [-0.25, -0.2) is 4.98 Å². The molecule has 2 fully saturated rings. The highest BCUT2D eigenvalue weighted by Gasteiger charge is 2.27. The maximum absolute atomic E-state index is 13.5. The molecular weight excluding hydrogens is 474 g/mol. The predicted molar refractivity (Wildman–Crippen MR) is 149 cm³/mol. The fraction of sp³-hybridized carbons (Fsp3) is 0.323. The number of aromatic nitrogens is 2. The van der Waals surface area contributed by atoms with E-state index < -0.39 is 0 Å². The summed E-state index contributed by atoms with van der Waals surface area (Å²) in [6.45, 7) is 4.31. The van der Waals surface area contributed by atoms with Gasteiger partial charge in [0.15, 0.2) is 0 Å². The average molecular weight is 508 g/mol. The van der Waals surface area contributed by atoms with Crippen LogP contribution in [0.4, 0.5) is 5.82 Å². The molecule has 2 aliphatic rings. The summed E-state index contributed by atoms with van der Waals surface area (Å²) in [4.78, 5) is 40.6. The second-order valence-electron chi connectivity index (χ2n) is 10.4. The Morgan fingerprint density at radius 1 is 0.816 bits per heavy atom. The van der Waals surface area contributed by atoms with Crippen LogP contribution in [-0.4, -0.2) is 70.9 Å². The lowest BCUT2D eigenvalue weighted by atomic mass is 9.90. The van der Waals surface area contributed by atoms with E-state index in [1.807, 2.05) is 46.2 Å². The molecule has 0 radical (unpaired) electrons. The number of carbonyl (C=O) groups excluding carboxylic acids is 2. The second-order valence-corrected chi connectivity index (χ2v) is 10.4. The lowest BCUT2D eigenvalue weighted by Crippen LogP contribution is -2.49. The Hall–Kier alpha value is -4.13. The Labute approximate surface area is 223 Å². The van der Waals surface area contributed by atoms with Gasteiger partial charge in [0.2, 0.25) is 0 Å². The van der Waals surface area contributed by atoms with E-state index in [2.05, 4.69) is 45.2 Å². The number of amides is 2. The number of hydrogen-bond acceptors (Lipinski definition) is 4. The van der Waals surface area contributed by atoms with Crippen LogP contribution in [0.3, 0.4) is 0 Å². The third kappa shape index (κ3) is 5.01. The number of anilines is 1. The van der Waals surface area contributed by atoms with E-state index in [9.17, 15) is 9.59 Å². The van der Waals surface area contributed by atoms with Gasteiger partial charge in [-0.3, -0.25) is 9.59 Å². The summed E-state index contributed by atoms with van der Waals surface area (Å²) in [6, 6.07) is 22.2. The van der Waals surface area contributed by atoms with E-state index in [0.717, 1.165) is 62.2 Å². The largest absolute Gasteiger partial charge is 0.360 e. The summed E-state index contributed by atoms with van der Waals surface area (Å²) in [6.07, 6.45) is 6.67. The summed E-state index contributed by atoms with van der Waals surface area (Å²) in [7, 11) is 0. The van der Waals surface area contributed by atoms with Crippen molar-refractivity contribution in [2.45, 2.75) is 19.3 Å². The molecule has 194 valence electrons. The highest BCUT2D eigenvalue weighted by atomic mass is 16.2. The molecule has 0 unspecified atom stereocenters. The zero-order valence-corrected chi connectivity index (χ0v) is 21.6. The quantitative estimate of drug-likeness (QED) is 0.428. The average Bonchev–Trinajstić information content (AvgIpc) is 3.41. The number of hydrogen-bond donors (Lipinski definition) is 1. The van der Waals surface area contributed by atoms with Crippen LogP contribution < -0.4 is 4.90 Å². The number of carbonyl (C=O) groups is 2. The SMILES string of the molecule is O=C(c1ccc2[nH]cc(C(=O)N3CCN(c4ccccn4)CC3)c2c1)N1CCC(Cc2ccccc2)CC1. The number of aromatic amines is 1. The first-order valence-electron chi connectivity index (χ1n) is 13.6. The van der Waals surface area contributed by atoms with Gasteiger partial charge in [0, 0.05) is 68.1 Å². The number of nitrogens with zero attached hydrogens (tertiary/aromatic N) is 4. The second kappa shape index (κ2) is 10.7. The lowest BCUT2D eigenvalue weighted by molar-refractivity contribution is 0.0689. The molecular formula is C31H33N5O2. The van der Waals surface area contributed by atoms with Crippen molar-refractivity contribution in [1.82, 2.24) is 19.8 Å². The molecule has 0 atom stereocenters. The van der Waals surface area contributed by atoms with Gasteiger partial charge in [-0.05, 0) is 61.1 Å². The maximum Gasteiger partial charge on any atom is 0.256 e. The van der Waals surface area contributed by atoms with E-state index in [1.165, 1.54) is 5.56 Å². The highest BCUT2D eigenvalue weighted by Crippen LogP contribution is 2.26. The van der Waals surface area contributed by atoms with E-state index in [-0.39, 0.29) is 11.8 Å². The van der Waals surface area contributed by atoms with Gasteiger partial charge in [0.1, 0.15) is 5.82 Å². The number of piperidine rings is 1. The Kier molecular flexibility index (Phi) is 6.82. The van der Waals surface area contributed by atoms with Gasteiger partial charge in [0.25, 0.3) is 11.8 Å². The van der Waals surface area contributed by atoms with Gasteiger partial charge in [-0.1, -0.05) is 36.4 Å². The number of likely N-dealkylation sites (tertiary alicyclic amines) is 1. The number of piperazine rings is 1. The summed E-state index contributed by atoms with van der Waals surface area (Å²) in [5.41, 5.74) is 3.51. The zero-order valence-electron chi connectivity index (χ0n) is 21.6. The van der Waals surface area contributed by atoms with Gasteiger partial charge in [-0.2, -0.15) is 0 Å².